The molecule has 2 amide bonds. The van der Waals surface area contributed by atoms with Gasteiger partial charge in [0.1, 0.15) is 17.2 Å². The van der Waals surface area contributed by atoms with Gasteiger partial charge >= 0.3 is 0 Å². The smallest absolute Gasteiger partial charge is 0.278 e. The molecule has 0 atom stereocenters. The quantitative estimate of drug-likeness (QED) is 0.487. The number of carbonyl (C=O) groups is 2. The van der Waals surface area contributed by atoms with Crippen molar-refractivity contribution in [1.29, 1.82) is 0 Å². The summed E-state index contributed by atoms with van der Waals surface area (Å²) in [5, 5.41) is 3.78. The van der Waals surface area contributed by atoms with E-state index in [0.717, 1.165) is 5.56 Å². The maximum atomic E-state index is 13.4. The number of carbonyl (C=O) groups excluding carboxylic acids is 2. The number of nitrogens with one attached hydrogen (secondary N) is 1. The Morgan fingerprint density at radius 2 is 1.61 bits per heavy atom. The van der Waals surface area contributed by atoms with Crippen molar-refractivity contribution in [2.75, 3.05) is 26.1 Å². The first-order valence-electron chi connectivity index (χ1n) is 10.4. The van der Waals surface area contributed by atoms with Gasteiger partial charge < -0.3 is 14.8 Å². The number of methoxy groups -OCH3 is 2. The van der Waals surface area contributed by atoms with Crippen LogP contribution in [0.1, 0.15) is 11.1 Å². The van der Waals surface area contributed by atoms with Gasteiger partial charge in [-0.3, -0.25) is 14.5 Å². The molecular formula is C26H23ClN2O4. The summed E-state index contributed by atoms with van der Waals surface area (Å²) in [7, 11) is 3.10. The van der Waals surface area contributed by atoms with E-state index in [-0.39, 0.29) is 24.1 Å². The van der Waals surface area contributed by atoms with Crippen LogP contribution in [0.25, 0.3) is 5.57 Å². The van der Waals surface area contributed by atoms with E-state index in [2.05, 4.69) is 5.32 Å². The number of halogens is 1. The van der Waals surface area contributed by atoms with Crippen molar-refractivity contribution in [3.8, 4) is 11.5 Å². The second kappa shape index (κ2) is 9.79. The van der Waals surface area contributed by atoms with Gasteiger partial charge in [0.2, 0.25) is 0 Å². The molecule has 168 valence electrons. The van der Waals surface area contributed by atoms with Crippen LogP contribution in [0.5, 0.6) is 11.5 Å². The summed E-state index contributed by atoms with van der Waals surface area (Å²) in [6.07, 6.45) is 0.524. The molecule has 0 unspecified atom stereocenters. The van der Waals surface area contributed by atoms with Crippen LogP contribution >= 0.6 is 11.6 Å². The van der Waals surface area contributed by atoms with Gasteiger partial charge in [0.15, 0.2) is 0 Å². The highest BCUT2D eigenvalue weighted by atomic mass is 35.5. The molecule has 0 spiro atoms. The summed E-state index contributed by atoms with van der Waals surface area (Å²) in [6.45, 7) is 0.251. The number of imide groups is 1. The molecule has 4 rings (SSSR count). The molecule has 1 aliphatic heterocycles. The van der Waals surface area contributed by atoms with E-state index in [0.29, 0.717) is 39.8 Å². The summed E-state index contributed by atoms with van der Waals surface area (Å²) < 4.78 is 10.7. The van der Waals surface area contributed by atoms with E-state index in [1.807, 2.05) is 42.5 Å². The molecule has 1 N–H and O–H groups in total. The second-order valence-corrected chi connectivity index (χ2v) is 7.88. The molecule has 0 radical (unpaired) electrons. The molecule has 0 saturated heterocycles. The number of hydrogen-bond acceptors (Lipinski definition) is 5. The molecule has 1 heterocycles. The van der Waals surface area contributed by atoms with Crippen LogP contribution in [0.4, 0.5) is 5.69 Å². The summed E-state index contributed by atoms with van der Waals surface area (Å²) in [4.78, 5) is 28.1. The Morgan fingerprint density at radius 3 is 2.27 bits per heavy atom. The van der Waals surface area contributed by atoms with Crippen molar-refractivity contribution < 1.29 is 19.1 Å². The fourth-order valence-electron chi connectivity index (χ4n) is 3.70. The first-order chi connectivity index (χ1) is 16.0. The molecule has 0 saturated carbocycles. The van der Waals surface area contributed by atoms with Crippen LogP contribution in [-0.2, 0) is 16.0 Å². The Morgan fingerprint density at radius 1 is 0.879 bits per heavy atom. The highest BCUT2D eigenvalue weighted by Gasteiger charge is 2.39. The molecule has 0 fully saturated rings. The third-order valence-electron chi connectivity index (χ3n) is 5.44. The van der Waals surface area contributed by atoms with Crippen molar-refractivity contribution >= 4 is 34.7 Å². The summed E-state index contributed by atoms with van der Waals surface area (Å²) in [5.41, 5.74) is 2.75. The average Bonchev–Trinajstić information content (AvgIpc) is 3.08. The van der Waals surface area contributed by atoms with Crippen LogP contribution in [-0.4, -0.2) is 37.5 Å². The van der Waals surface area contributed by atoms with Gasteiger partial charge in [-0.25, -0.2) is 0 Å². The summed E-state index contributed by atoms with van der Waals surface area (Å²) >= 11 is 5.96. The lowest BCUT2D eigenvalue weighted by atomic mass is 10.0. The Labute approximate surface area is 197 Å². The maximum absolute atomic E-state index is 13.4. The molecule has 0 aromatic heterocycles. The van der Waals surface area contributed by atoms with Crippen molar-refractivity contribution in [3.05, 3.63) is 94.6 Å². The molecule has 1 aliphatic rings. The topological polar surface area (TPSA) is 67.9 Å². The first-order valence-corrected chi connectivity index (χ1v) is 10.8. The molecule has 0 bridgehead atoms. The van der Waals surface area contributed by atoms with Gasteiger partial charge in [0.25, 0.3) is 11.8 Å². The third-order valence-corrected chi connectivity index (χ3v) is 5.69. The van der Waals surface area contributed by atoms with E-state index >= 15 is 0 Å². The van der Waals surface area contributed by atoms with E-state index in [1.165, 1.54) is 12.0 Å². The Kier molecular flexibility index (Phi) is 6.66. The number of anilines is 1. The van der Waals surface area contributed by atoms with E-state index < -0.39 is 0 Å². The van der Waals surface area contributed by atoms with Gasteiger partial charge in [0.05, 0.1) is 25.5 Å². The minimum absolute atomic E-state index is 0.214. The lowest BCUT2D eigenvalue weighted by molar-refractivity contribution is -0.136. The van der Waals surface area contributed by atoms with E-state index in [9.17, 15) is 9.59 Å². The molecule has 33 heavy (non-hydrogen) atoms. The Balaban J connectivity index is 1.67. The van der Waals surface area contributed by atoms with Gasteiger partial charge in [0, 0.05) is 17.6 Å². The zero-order valence-corrected chi connectivity index (χ0v) is 19.1. The lowest BCUT2D eigenvalue weighted by Gasteiger charge is -2.16. The Hall–Kier alpha value is -3.77. The molecular weight excluding hydrogens is 440 g/mol. The maximum Gasteiger partial charge on any atom is 0.278 e. The monoisotopic (exact) mass is 462 g/mol. The van der Waals surface area contributed by atoms with E-state index in [1.54, 1.807) is 37.4 Å². The van der Waals surface area contributed by atoms with Crippen molar-refractivity contribution in [2.45, 2.75) is 6.42 Å². The molecule has 7 heteroatoms. The summed E-state index contributed by atoms with van der Waals surface area (Å²) in [5.74, 6) is 0.392. The largest absolute Gasteiger partial charge is 0.497 e. The molecule has 3 aromatic carbocycles. The number of amides is 2. The van der Waals surface area contributed by atoms with Crippen LogP contribution < -0.4 is 14.8 Å². The molecule has 6 nitrogen and oxygen atoms in total. The van der Waals surface area contributed by atoms with Gasteiger partial charge in [-0.15, -0.1) is 0 Å². The highest BCUT2D eigenvalue weighted by Crippen LogP contribution is 2.35. The number of hydrogen-bond donors (Lipinski definition) is 1. The Bertz CT molecular complexity index is 1210. The third kappa shape index (κ3) is 4.71. The first kappa shape index (κ1) is 22.4. The van der Waals surface area contributed by atoms with Crippen LogP contribution in [0, 0.1) is 0 Å². The van der Waals surface area contributed by atoms with E-state index in [4.69, 9.17) is 21.1 Å². The zero-order chi connectivity index (χ0) is 23.4. The number of nitrogens with zero attached hydrogens (tertiary/aromatic N) is 1. The minimum atomic E-state index is -0.384. The van der Waals surface area contributed by atoms with Gasteiger partial charge in [-0.05, 0) is 41.8 Å². The van der Waals surface area contributed by atoms with Crippen LogP contribution in [0.2, 0.25) is 5.02 Å². The number of benzene rings is 3. The van der Waals surface area contributed by atoms with Crippen molar-refractivity contribution in [1.82, 2.24) is 4.90 Å². The molecule has 3 aromatic rings. The van der Waals surface area contributed by atoms with Crippen LogP contribution in [0.3, 0.4) is 0 Å². The predicted octanol–water partition coefficient (Wildman–Crippen LogP) is 4.79. The molecule has 0 aliphatic carbocycles. The standard InChI is InChI=1S/C26H23ClN2O4/c1-32-20-12-13-21(22(16-20)33-2)28-24-23(18-6-4-3-5-7-18)25(30)29(26(24)31)15-14-17-8-10-19(27)11-9-17/h3-13,16,28H,14-15H2,1-2H3. The van der Waals surface area contributed by atoms with Crippen LogP contribution in [0.15, 0.2) is 78.5 Å². The fraction of sp³-hybridized carbons (Fsp3) is 0.154. The minimum Gasteiger partial charge on any atom is -0.497 e. The van der Waals surface area contributed by atoms with Gasteiger partial charge in [-0.2, -0.15) is 0 Å². The predicted molar refractivity (Wildman–Crippen MR) is 128 cm³/mol. The van der Waals surface area contributed by atoms with Crippen molar-refractivity contribution in [3.63, 3.8) is 0 Å². The highest BCUT2D eigenvalue weighted by molar-refractivity contribution is 6.36. The number of ether oxygens (including phenoxy) is 2. The van der Waals surface area contributed by atoms with Crippen molar-refractivity contribution in [2.24, 2.45) is 0 Å². The lowest BCUT2D eigenvalue weighted by Crippen LogP contribution is -2.34. The zero-order valence-electron chi connectivity index (χ0n) is 18.3. The summed E-state index contributed by atoms with van der Waals surface area (Å²) in [6, 6.07) is 21.8. The second-order valence-electron chi connectivity index (χ2n) is 7.45. The normalized spacial score (nSPS) is 13.5. The van der Waals surface area contributed by atoms with Gasteiger partial charge in [-0.1, -0.05) is 54.1 Å². The fourth-order valence-corrected chi connectivity index (χ4v) is 3.82. The number of rotatable bonds is 8. The average molecular weight is 463 g/mol. The SMILES string of the molecule is COc1ccc(NC2=C(c3ccccc3)C(=O)N(CCc3ccc(Cl)cc3)C2=O)c(OC)c1.